The minimum absolute atomic E-state index is 0.511. The molecule has 0 aliphatic heterocycles. The lowest BCUT2D eigenvalue weighted by molar-refractivity contribution is 0.0708. The zero-order chi connectivity index (χ0) is 20.5. The third kappa shape index (κ3) is 15.3. The van der Waals surface area contributed by atoms with Crippen LogP contribution in [-0.2, 0) is 13.3 Å². The van der Waals surface area contributed by atoms with Crippen LogP contribution in [0.2, 0.25) is 31.2 Å². The van der Waals surface area contributed by atoms with Gasteiger partial charge >= 0.3 is 14.8 Å². The van der Waals surface area contributed by atoms with Crippen molar-refractivity contribution in [2.24, 2.45) is 5.73 Å². The Labute approximate surface area is 162 Å². The molecule has 0 heterocycles. The largest absolute Gasteiger partial charge is 0.500 e. The number of carbonyl (C=O) groups is 1. The van der Waals surface area contributed by atoms with Crippen LogP contribution in [0.5, 0.6) is 0 Å². The first-order valence-electron chi connectivity index (χ1n) is 9.39. The van der Waals surface area contributed by atoms with Gasteiger partial charge in [0, 0.05) is 32.4 Å². The fraction of sp³-hybridized carbons (Fsp3) is 0.722. The Bertz CT molecular complexity index is 364. The zero-order valence-electron chi connectivity index (χ0n) is 17.4. The first-order chi connectivity index (χ1) is 12.2. The summed E-state index contributed by atoms with van der Waals surface area (Å²) in [5, 5.41) is 2.54. The van der Waals surface area contributed by atoms with Crippen LogP contribution in [0.25, 0.3) is 0 Å². The molecule has 0 fully saturated rings. The van der Waals surface area contributed by atoms with E-state index in [-0.39, 0.29) is 0 Å². The molecule has 0 aliphatic carbocycles. The Hall–Kier alpha value is -0.936. The van der Waals surface area contributed by atoms with Crippen LogP contribution in [0.4, 0.5) is 4.79 Å². The number of nitrogens with two attached hydrogens (primary N) is 1. The van der Waals surface area contributed by atoms with Gasteiger partial charge in [0.1, 0.15) is 0 Å². The average Bonchev–Trinajstić information content (AvgIpc) is 2.53. The van der Waals surface area contributed by atoms with Gasteiger partial charge in [0.15, 0.2) is 0 Å². The van der Waals surface area contributed by atoms with Crippen molar-refractivity contribution < 1.29 is 18.1 Å². The standard InChI is InChI=1S/C10H24N2O4Si.C8H16Si/c1-4-14-17(15-5-2,16-6-3)9-7-8-12-10(11)13;1-5-7-9(3,4)8-6-2/h4-9H2,1-3H3,(H3,11,12,13);5-6H,1-2,7-8H2,3-4H3. The van der Waals surface area contributed by atoms with Gasteiger partial charge in [-0.1, -0.05) is 25.2 Å². The van der Waals surface area contributed by atoms with E-state index in [2.05, 4.69) is 31.6 Å². The topological polar surface area (TPSA) is 82.8 Å². The van der Waals surface area contributed by atoms with Gasteiger partial charge < -0.3 is 24.3 Å². The van der Waals surface area contributed by atoms with Gasteiger partial charge in [-0.15, -0.1) is 13.2 Å². The van der Waals surface area contributed by atoms with Crippen molar-refractivity contribution >= 4 is 22.9 Å². The Morgan fingerprint density at radius 1 is 1.00 bits per heavy atom. The molecule has 8 heteroatoms. The molecule has 0 aromatic heterocycles. The summed E-state index contributed by atoms with van der Waals surface area (Å²) in [6, 6.07) is 2.59. The van der Waals surface area contributed by atoms with E-state index in [1.807, 2.05) is 32.9 Å². The molecule has 154 valence electrons. The predicted octanol–water partition coefficient (Wildman–Crippen LogP) is 4.16. The molecule has 0 spiro atoms. The van der Waals surface area contributed by atoms with Crippen molar-refractivity contribution in [2.45, 2.75) is 58.4 Å². The van der Waals surface area contributed by atoms with Crippen molar-refractivity contribution in [3.05, 3.63) is 25.3 Å². The Morgan fingerprint density at radius 3 is 1.73 bits per heavy atom. The number of amides is 2. The summed E-state index contributed by atoms with van der Waals surface area (Å²) in [7, 11) is -3.50. The summed E-state index contributed by atoms with van der Waals surface area (Å²) in [5.74, 6) is 0. The van der Waals surface area contributed by atoms with E-state index in [1.165, 1.54) is 12.1 Å². The first kappa shape index (κ1) is 27.3. The highest BCUT2D eigenvalue weighted by atomic mass is 28.4. The van der Waals surface area contributed by atoms with Crippen LogP contribution in [0.1, 0.15) is 27.2 Å². The summed E-state index contributed by atoms with van der Waals surface area (Å²) in [5.41, 5.74) is 4.99. The van der Waals surface area contributed by atoms with Crippen LogP contribution in [0, 0.1) is 0 Å². The Morgan fingerprint density at radius 2 is 1.42 bits per heavy atom. The fourth-order valence-electron chi connectivity index (χ4n) is 2.38. The van der Waals surface area contributed by atoms with Gasteiger partial charge in [-0.3, -0.25) is 0 Å². The van der Waals surface area contributed by atoms with Crippen LogP contribution in [-0.4, -0.2) is 49.3 Å². The Kier molecular flexibility index (Phi) is 17.1. The molecular formula is C18H40N2O4Si2. The molecule has 0 saturated carbocycles. The number of primary amides is 1. The van der Waals surface area contributed by atoms with Gasteiger partial charge in [0.25, 0.3) is 0 Å². The normalized spacial score (nSPS) is 11.3. The molecule has 0 rings (SSSR count). The molecular weight excluding hydrogens is 364 g/mol. The van der Waals surface area contributed by atoms with E-state index in [1.54, 1.807) is 0 Å². The third-order valence-corrected chi connectivity index (χ3v) is 9.38. The number of hydrogen-bond donors (Lipinski definition) is 2. The summed E-state index contributed by atoms with van der Waals surface area (Å²) in [6.07, 6.45) is 4.78. The molecule has 3 N–H and O–H groups in total. The lowest BCUT2D eigenvalue weighted by Crippen LogP contribution is -2.46. The third-order valence-electron chi connectivity index (χ3n) is 3.45. The fourth-order valence-corrected chi connectivity index (χ4v) is 6.72. The van der Waals surface area contributed by atoms with Gasteiger partial charge in [0.05, 0.1) is 8.07 Å². The summed E-state index contributed by atoms with van der Waals surface area (Å²) in [4.78, 5) is 10.5. The maximum atomic E-state index is 10.5. The second-order valence-electron chi connectivity index (χ2n) is 6.53. The van der Waals surface area contributed by atoms with Crippen molar-refractivity contribution in [1.82, 2.24) is 5.32 Å². The molecule has 0 aromatic rings. The molecule has 0 aliphatic rings. The SMILES string of the molecule is C=CC[Si](C)(C)CC=C.CCO[Si](CCCNC(N)=O)(OCC)OCC. The van der Waals surface area contributed by atoms with E-state index < -0.39 is 22.9 Å². The summed E-state index contributed by atoms with van der Waals surface area (Å²) in [6.45, 7) is 20.1. The maximum absolute atomic E-state index is 10.5. The molecule has 0 aromatic carbocycles. The monoisotopic (exact) mass is 404 g/mol. The lowest BCUT2D eigenvalue weighted by atomic mass is 10.5. The second kappa shape index (κ2) is 16.3. The average molecular weight is 405 g/mol. The number of urea groups is 1. The first-order valence-corrected chi connectivity index (χ1v) is 14.7. The molecule has 0 unspecified atom stereocenters. The molecule has 6 nitrogen and oxygen atoms in total. The van der Waals surface area contributed by atoms with Gasteiger partial charge in [0.2, 0.25) is 0 Å². The highest BCUT2D eigenvalue weighted by Crippen LogP contribution is 2.17. The number of nitrogens with one attached hydrogen (secondary N) is 1. The molecule has 0 radical (unpaired) electrons. The predicted molar refractivity (Wildman–Crippen MR) is 115 cm³/mol. The summed E-state index contributed by atoms with van der Waals surface area (Å²) >= 11 is 0. The van der Waals surface area contributed by atoms with Crippen LogP contribution in [0.15, 0.2) is 25.3 Å². The van der Waals surface area contributed by atoms with Crippen LogP contribution in [0.3, 0.4) is 0 Å². The van der Waals surface area contributed by atoms with Gasteiger partial charge in [-0.2, -0.15) is 0 Å². The summed E-state index contributed by atoms with van der Waals surface area (Å²) < 4.78 is 17.0. The zero-order valence-corrected chi connectivity index (χ0v) is 19.4. The highest BCUT2D eigenvalue weighted by Gasteiger charge is 2.39. The molecule has 0 saturated heterocycles. The number of hydrogen-bond acceptors (Lipinski definition) is 4. The second-order valence-corrected chi connectivity index (χ2v) is 14.4. The van der Waals surface area contributed by atoms with Crippen molar-refractivity contribution in [3.63, 3.8) is 0 Å². The maximum Gasteiger partial charge on any atom is 0.500 e. The molecule has 2 amide bonds. The van der Waals surface area contributed by atoms with Gasteiger partial charge in [-0.05, 0) is 39.3 Å². The van der Waals surface area contributed by atoms with E-state index >= 15 is 0 Å². The number of rotatable bonds is 14. The molecule has 0 bridgehead atoms. The van der Waals surface area contributed by atoms with E-state index in [4.69, 9.17) is 19.0 Å². The van der Waals surface area contributed by atoms with E-state index in [0.29, 0.717) is 32.4 Å². The number of carbonyl (C=O) groups excluding carboxylic acids is 1. The molecule has 26 heavy (non-hydrogen) atoms. The highest BCUT2D eigenvalue weighted by molar-refractivity contribution is 6.78. The van der Waals surface area contributed by atoms with E-state index in [9.17, 15) is 4.79 Å². The van der Waals surface area contributed by atoms with Crippen molar-refractivity contribution in [1.29, 1.82) is 0 Å². The molecule has 0 atom stereocenters. The smallest absolute Gasteiger partial charge is 0.374 e. The van der Waals surface area contributed by atoms with Crippen LogP contribution < -0.4 is 11.1 Å². The van der Waals surface area contributed by atoms with E-state index in [0.717, 1.165) is 6.42 Å². The van der Waals surface area contributed by atoms with Crippen molar-refractivity contribution in [3.8, 4) is 0 Å². The quantitative estimate of drug-likeness (QED) is 0.259. The minimum atomic E-state index is -2.56. The number of allylic oxidation sites excluding steroid dienone is 2. The Balaban J connectivity index is 0. The lowest BCUT2D eigenvalue weighted by Gasteiger charge is -2.28. The van der Waals surface area contributed by atoms with Crippen LogP contribution >= 0.6 is 0 Å². The minimum Gasteiger partial charge on any atom is -0.374 e. The van der Waals surface area contributed by atoms with Crippen molar-refractivity contribution in [2.75, 3.05) is 26.4 Å². The van der Waals surface area contributed by atoms with Gasteiger partial charge in [-0.25, -0.2) is 4.79 Å².